The van der Waals surface area contributed by atoms with Crippen LogP contribution in [0.25, 0.3) is 0 Å². The van der Waals surface area contributed by atoms with Gasteiger partial charge in [0.25, 0.3) is 0 Å². The van der Waals surface area contributed by atoms with Gasteiger partial charge in [-0.05, 0) is 17.9 Å². The number of carbonyl (C=O) groups is 1. The Morgan fingerprint density at radius 3 is 2.50 bits per heavy atom. The standard InChI is InChI=1S/C14H20O2/c1-5-9-16-13-11(10-15)7-6-8-12(13)14(2,3)4/h6-8,10H,5,9H2,1-4H3. The van der Waals surface area contributed by atoms with E-state index in [2.05, 4.69) is 27.7 Å². The van der Waals surface area contributed by atoms with Crippen molar-refractivity contribution in [2.24, 2.45) is 0 Å². The van der Waals surface area contributed by atoms with E-state index in [0.29, 0.717) is 12.2 Å². The maximum Gasteiger partial charge on any atom is 0.153 e. The lowest BCUT2D eigenvalue weighted by molar-refractivity contribution is 0.111. The van der Waals surface area contributed by atoms with Crippen LogP contribution in [-0.2, 0) is 5.41 Å². The Morgan fingerprint density at radius 1 is 1.31 bits per heavy atom. The molecule has 0 spiro atoms. The molecule has 0 saturated carbocycles. The summed E-state index contributed by atoms with van der Waals surface area (Å²) < 4.78 is 5.70. The molecular weight excluding hydrogens is 200 g/mol. The van der Waals surface area contributed by atoms with Crippen LogP contribution in [0.5, 0.6) is 5.75 Å². The molecule has 0 atom stereocenters. The average molecular weight is 220 g/mol. The Hall–Kier alpha value is -1.31. The van der Waals surface area contributed by atoms with Crippen molar-refractivity contribution < 1.29 is 9.53 Å². The normalized spacial score (nSPS) is 11.2. The van der Waals surface area contributed by atoms with Gasteiger partial charge in [-0.3, -0.25) is 4.79 Å². The molecule has 0 fully saturated rings. The molecule has 0 amide bonds. The summed E-state index contributed by atoms with van der Waals surface area (Å²) in [6.45, 7) is 9.06. The molecule has 0 unspecified atom stereocenters. The molecule has 0 aliphatic rings. The zero-order valence-corrected chi connectivity index (χ0v) is 10.5. The molecule has 1 aromatic carbocycles. The van der Waals surface area contributed by atoms with Gasteiger partial charge in [-0.15, -0.1) is 0 Å². The van der Waals surface area contributed by atoms with Crippen molar-refractivity contribution in [1.82, 2.24) is 0 Å². The minimum atomic E-state index is -0.0118. The van der Waals surface area contributed by atoms with E-state index >= 15 is 0 Å². The molecule has 0 N–H and O–H groups in total. The lowest BCUT2D eigenvalue weighted by Gasteiger charge is -2.23. The van der Waals surface area contributed by atoms with Gasteiger partial charge in [0, 0.05) is 5.56 Å². The van der Waals surface area contributed by atoms with Gasteiger partial charge in [-0.25, -0.2) is 0 Å². The molecule has 1 rings (SSSR count). The van der Waals surface area contributed by atoms with Crippen LogP contribution in [0.1, 0.15) is 50.0 Å². The van der Waals surface area contributed by atoms with E-state index in [1.807, 2.05) is 12.1 Å². The van der Waals surface area contributed by atoms with Crippen LogP contribution in [0.2, 0.25) is 0 Å². The van der Waals surface area contributed by atoms with Crippen molar-refractivity contribution in [3.63, 3.8) is 0 Å². The lowest BCUT2D eigenvalue weighted by atomic mass is 9.85. The number of hydrogen-bond donors (Lipinski definition) is 0. The maximum absolute atomic E-state index is 11.0. The number of aldehydes is 1. The molecule has 2 nitrogen and oxygen atoms in total. The van der Waals surface area contributed by atoms with Crippen LogP contribution in [0.3, 0.4) is 0 Å². The molecule has 2 heteroatoms. The van der Waals surface area contributed by atoms with Gasteiger partial charge in [-0.2, -0.15) is 0 Å². The lowest BCUT2D eigenvalue weighted by Crippen LogP contribution is -2.15. The van der Waals surface area contributed by atoms with E-state index < -0.39 is 0 Å². The summed E-state index contributed by atoms with van der Waals surface area (Å²) in [5.41, 5.74) is 1.72. The highest BCUT2D eigenvalue weighted by Crippen LogP contribution is 2.33. The van der Waals surface area contributed by atoms with Gasteiger partial charge in [-0.1, -0.05) is 39.8 Å². The first-order valence-corrected chi connectivity index (χ1v) is 5.72. The fourth-order valence-corrected chi connectivity index (χ4v) is 1.60. The zero-order chi connectivity index (χ0) is 12.2. The quantitative estimate of drug-likeness (QED) is 0.725. The molecule has 0 aliphatic heterocycles. The highest BCUT2D eigenvalue weighted by molar-refractivity contribution is 5.80. The molecule has 0 radical (unpaired) electrons. The number of ether oxygens (including phenoxy) is 1. The number of carbonyl (C=O) groups excluding carboxylic acids is 1. The summed E-state index contributed by atoms with van der Waals surface area (Å²) in [5, 5.41) is 0. The van der Waals surface area contributed by atoms with Crippen LogP contribution >= 0.6 is 0 Å². The van der Waals surface area contributed by atoms with Crippen molar-refractivity contribution >= 4 is 6.29 Å². The molecule has 16 heavy (non-hydrogen) atoms. The molecule has 0 saturated heterocycles. The third kappa shape index (κ3) is 2.84. The first kappa shape index (κ1) is 12.8. The van der Waals surface area contributed by atoms with Gasteiger partial charge < -0.3 is 4.74 Å². The molecule has 0 aromatic heterocycles. The first-order valence-electron chi connectivity index (χ1n) is 5.72. The van der Waals surface area contributed by atoms with E-state index in [1.54, 1.807) is 6.07 Å². The number of hydrogen-bond acceptors (Lipinski definition) is 2. The molecule has 0 bridgehead atoms. The SMILES string of the molecule is CCCOc1c(C=O)cccc1C(C)(C)C. The monoisotopic (exact) mass is 220 g/mol. The van der Waals surface area contributed by atoms with E-state index in [-0.39, 0.29) is 5.41 Å². The second kappa shape index (κ2) is 5.15. The van der Waals surface area contributed by atoms with Crippen LogP contribution in [-0.4, -0.2) is 12.9 Å². The minimum absolute atomic E-state index is 0.0118. The topological polar surface area (TPSA) is 26.3 Å². The summed E-state index contributed by atoms with van der Waals surface area (Å²) in [5.74, 6) is 0.742. The summed E-state index contributed by atoms with van der Waals surface area (Å²) >= 11 is 0. The highest BCUT2D eigenvalue weighted by atomic mass is 16.5. The van der Waals surface area contributed by atoms with Crippen molar-refractivity contribution in [1.29, 1.82) is 0 Å². The zero-order valence-electron chi connectivity index (χ0n) is 10.5. The highest BCUT2D eigenvalue weighted by Gasteiger charge is 2.20. The van der Waals surface area contributed by atoms with Crippen molar-refractivity contribution in [2.45, 2.75) is 39.5 Å². The minimum Gasteiger partial charge on any atom is -0.493 e. The predicted octanol–water partition coefficient (Wildman–Crippen LogP) is 3.59. The van der Waals surface area contributed by atoms with Gasteiger partial charge in [0.15, 0.2) is 6.29 Å². The maximum atomic E-state index is 11.0. The third-order valence-corrected chi connectivity index (χ3v) is 2.43. The Morgan fingerprint density at radius 2 is 2.00 bits per heavy atom. The van der Waals surface area contributed by atoms with Crippen LogP contribution in [0.15, 0.2) is 18.2 Å². The van der Waals surface area contributed by atoms with Gasteiger partial charge in [0.2, 0.25) is 0 Å². The van der Waals surface area contributed by atoms with E-state index in [9.17, 15) is 4.79 Å². The Balaban J connectivity index is 3.20. The molecule has 1 aromatic rings. The number of para-hydroxylation sites is 1. The van der Waals surface area contributed by atoms with Gasteiger partial charge >= 0.3 is 0 Å². The number of rotatable bonds is 4. The van der Waals surface area contributed by atoms with Crippen molar-refractivity contribution in [3.05, 3.63) is 29.3 Å². The smallest absolute Gasteiger partial charge is 0.153 e. The van der Waals surface area contributed by atoms with Crippen molar-refractivity contribution in [3.8, 4) is 5.75 Å². The van der Waals surface area contributed by atoms with Crippen LogP contribution in [0.4, 0.5) is 0 Å². The Kier molecular flexibility index (Phi) is 4.11. The molecule has 0 aliphatic carbocycles. The fourth-order valence-electron chi connectivity index (χ4n) is 1.60. The van der Waals surface area contributed by atoms with Crippen molar-refractivity contribution in [2.75, 3.05) is 6.61 Å². The average Bonchev–Trinajstić information content (AvgIpc) is 2.24. The Labute approximate surface area is 97.6 Å². The van der Waals surface area contributed by atoms with E-state index in [4.69, 9.17) is 4.74 Å². The van der Waals surface area contributed by atoms with E-state index in [1.165, 1.54) is 0 Å². The largest absolute Gasteiger partial charge is 0.493 e. The summed E-state index contributed by atoms with van der Waals surface area (Å²) in [6.07, 6.45) is 1.80. The first-order chi connectivity index (χ1) is 7.50. The molecular formula is C14H20O2. The fraction of sp³-hybridized carbons (Fsp3) is 0.500. The van der Waals surface area contributed by atoms with Gasteiger partial charge in [0.1, 0.15) is 5.75 Å². The summed E-state index contributed by atoms with van der Waals surface area (Å²) in [6, 6.07) is 5.73. The molecule has 0 heterocycles. The summed E-state index contributed by atoms with van der Waals surface area (Å²) in [7, 11) is 0. The van der Waals surface area contributed by atoms with Crippen LogP contribution in [0, 0.1) is 0 Å². The second-order valence-corrected chi connectivity index (χ2v) is 4.94. The third-order valence-electron chi connectivity index (χ3n) is 2.43. The predicted molar refractivity (Wildman–Crippen MR) is 66.3 cm³/mol. The summed E-state index contributed by atoms with van der Waals surface area (Å²) in [4.78, 5) is 11.0. The van der Waals surface area contributed by atoms with Gasteiger partial charge in [0.05, 0.1) is 12.2 Å². The molecule has 88 valence electrons. The second-order valence-electron chi connectivity index (χ2n) is 4.94. The number of benzene rings is 1. The van der Waals surface area contributed by atoms with Crippen LogP contribution < -0.4 is 4.74 Å². The Bertz CT molecular complexity index is 361. The van der Waals surface area contributed by atoms with E-state index in [0.717, 1.165) is 24.0 Å².